The SMILES string of the molecule is CN(C)c1ccc(C(=O)OCC(=O)c2cc(Cl)ccc2Cl)cc1. The molecule has 6 heteroatoms. The van der Waals surface area contributed by atoms with E-state index in [1.165, 1.54) is 12.1 Å². The van der Waals surface area contributed by atoms with Gasteiger partial charge in [0.25, 0.3) is 0 Å². The molecule has 0 unspecified atom stereocenters. The number of ketones is 1. The zero-order valence-corrected chi connectivity index (χ0v) is 14.2. The van der Waals surface area contributed by atoms with Crippen LogP contribution in [0.1, 0.15) is 20.7 Å². The largest absolute Gasteiger partial charge is 0.454 e. The van der Waals surface area contributed by atoms with E-state index >= 15 is 0 Å². The molecule has 4 nitrogen and oxygen atoms in total. The van der Waals surface area contributed by atoms with Gasteiger partial charge < -0.3 is 9.64 Å². The number of anilines is 1. The van der Waals surface area contributed by atoms with E-state index in [0.717, 1.165) is 5.69 Å². The number of rotatable bonds is 5. The van der Waals surface area contributed by atoms with Gasteiger partial charge in [0.15, 0.2) is 6.61 Å². The molecule has 0 aromatic heterocycles. The highest BCUT2D eigenvalue weighted by molar-refractivity contribution is 6.36. The molecule has 2 aromatic carbocycles. The standard InChI is InChI=1S/C17H15Cl2NO3/c1-20(2)13-6-3-11(4-7-13)17(22)23-10-16(21)14-9-12(18)5-8-15(14)19/h3-9H,10H2,1-2H3. The second-order valence-electron chi connectivity index (χ2n) is 5.06. The molecule has 0 saturated heterocycles. The first-order chi connectivity index (χ1) is 10.9. The van der Waals surface area contributed by atoms with Crippen molar-refractivity contribution in [1.29, 1.82) is 0 Å². The van der Waals surface area contributed by atoms with Crippen molar-refractivity contribution < 1.29 is 14.3 Å². The van der Waals surface area contributed by atoms with E-state index in [2.05, 4.69) is 0 Å². The van der Waals surface area contributed by atoms with Crippen LogP contribution in [0.5, 0.6) is 0 Å². The maximum atomic E-state index is 12.1. The molecule has 2 rings (SSSR count). The lowest BCUT2D eigenvalue weighted by molar-refractivity contribution is 0.0475. The van der Waals surface area contributed by atoms with Gasteiger partial charge in [0.1, 0.15) is 0 Å². The molecule has 0 amide bonds. The molecule has 0 fully saturated rings. The van der Waals surface area contributed by atoms with Gasteiger partial charge in [0.2, 0.25) is 5.78 Å². The number of Topliss-reactive ketones (excluding diaryl/α,β-unsaturated/α-hetero) is 1. The van der Waals surface area contributed by atoms with Crippen LogP contribution in [-0.2, 0) is 4.74 Å². The number of benzene rings is 2. The van der Waals surface area contributed by atoms with E-state index in [0.29, 0.717) is 10.6 Å². The summed E-state index contributed by atoms with van der Waals surface area (Å²) in [5, 5.41) is 0.661. The third-order valence-electron chi connectivity index (χ3n) is 3.18. The monoisotopic (exact) mass is 351 g/mol. The van der Waals surface area contributed by atoms with E-state index in [1.807, 2.05) is 19.0 Å². The number of ether oxygens (including phenoxy) is 1. The Morgan fingerprint density at radius 1 is 1.04 bits per heavy atom. The fourth-order valence-electron chi connectivity index (χ4n) is 1.90. The zero-order chi connectivity index (χ0) is 17.0. The topological polar surface area (TPSA) is 46.6 Å². The molecule has 0 atom stereocenters. The summed E-state index contributed by atoms with van der Waals surface area (Å²) in [6, 6.07) is 11.4. The molecule has 0 aliphatic carbocycles. The second-order valence-corrected chi connectivity index (χ2v) is 5.91. The molecular formula is C17H15Cl2NO3. The Balaban J connectivity index is 2.01. The lowest BCUT2D eigenvalue weighted by Crippen LogP contribution is -2.15. The Kier molecular flexibility index (Phi) is 5.64. The normalized spacial score (nSPS) is 10.3. The van der Waals surface area contributed by atoms with Gasteiger partial charge in [0.05, 0.1) is 10.6 Å². The van der Waals surface area contributed by atoms with E-state index < -0.39 is 18.4 Å². The number of hydrogen-bond acceptors (Lipinski definition) is 4. The molecule has 0 spiro atoms. The molecule has 120 valence electrons. The molecule has 0 heterocycles. The minimum atomic E-state index is -0.568. The van der Waals surface area contributed by atoms with Crippen LogP contribution >= 0.6 is 23.2 Å². The summed E-state index contributed by atoms with van der Waals surface area (Å²) >= 11 is 11.8. The first-order valence-corrected chi connectivity index (χ1v) is 7.57. The first kappa shape index (κ1) is 17.3. The smallest absolute Gasteiger partial charge is 0.338 e. The maximum Gasteiger partial charge on any atom is 0.338 e. The number of esters is 1. The van der Waals surface area contributed by atoms with E-state index in [-0.39, 0.29) is 10.6 Å². The summed E-state index contributed by atoms with van der Waals surface area (Å²) in [6.07, 6.45) is 0. The average molecular weight is 352 g/mol. The maximum absolute atomic E-state index is 12.1. The quantitative estimate of drug-likeness (QED) is 0.600. The number of nitrogens with zero attached hydrogens (tertiary/aromatic N) is 1. The number of carbonyl (C=O) groups excluding carboxylic acids is 2. The predicted octanol–water partition coefficient (Wildman–Crippen LogP) is 4.10. The summed E-state index contributed by atoms with van der Waals surface area (Å²) < 4.78 is 5.04. The summed E-state index contributed by atoms with van der Waals surface area (Å²) in [7, 11) is 3.81. The fourth-order valence-corrected chi connectivity index (χ4v) is 2.29. The van der Waals surface area contributed by atoms with Gasteiger partial charge >= 0.3 is 5.97 Å². The third-order valence-corrected chi connectivity index (χ3v) is 3.75. The molecule has 0 aliphatic heterocycles. The molecule has 0 N–H and O–H groups in total. The molecule has 0 aliphatic rings. The van der Waals surface area contributed by atoms with Crippen molar-refractivity contribution in [2.24, 2.45) is 0 Å². The highest BCUT2D eigenvalue weighted by atomic mass is 35.5. The van der Waals surface area contributed by atoms with Crippen LogP contribution in [0.4, 0.5) is 5.69 Å². The van der Waals surface area contributed by atoms with E-state index in [4.69, 9.17) is 27.9 Å². The van der Waals surface area contributed by atoms with Gasteiger partial charge in [-0.1, -0.05) is 23.2 Å². The van der Waals surface area contributed by atoms with Crippen LogP contribution in [0, 0.1) is 0 Å². The van der Waals surface area contributed by atoms with Gasteiger partial charge in [-0.05, 0) is 42.5 Å². The Hall–Kier alpha value is -2.04. The van der Waals surface area contributed by atoms with Crippen molar-refractivity contribution in [3.63, 3.8) is 0 Å². The Bertz CT molecular complexity index is 727. The average Bonchev–Trinajstić information content (AvgIpc) is 2.54. The predicted molar refractivity (Wildman–Crippen MR) is 91.8 cm³/mol. The van der Waals surface area contributed by atoms with Crippen molar-refractivity contribution in [3.05, 3.63) is 63.6 Å². The lowest BCUT2D eigenvalue weighted by Gasteiger charge is -2.12. The minimum absolute atomic E-state index is 0.231. The van der Waals surface area contributed by atoms with Gasteiger partial charge in [-0.15, -0.1) is 0 Å². The second kappa shape index (κ2) is 7.49. The molecule has 0 radical (unpaired) electrons. The summed E-state index contributed by atoms with van der Waals surface area (Å²) in [6.45, 7) is -0.395. The number of halogens is 2. The number of carbonyl (C=O) groups is 2. The van der Waals surface area contributed by atoms with Crippen LogP contribution in [0.15, 0.2) is 42.5 Å². The highest BCUT2D eigenvalue weighted by Gasteiger charge is 2.15. The van der Waals surface area contributed by atoms with Crippen molar-refractivity contribution >= 4 is 40.6 Å². The third kappa shape index (κ3) is 4.47. The summed E-state index contributed by atoms with van der Waals surface area (Å²) in [4.78, 5) is 26.0. The van der Waals surface area contributed by atoms with Gasteiger partial charge in [-0.25, -0.2) is 4.79 Å². The first-order valence-electron chi connectivity index (χ1n) is 6.81. The molecule has 23 heavy (non-hydrogen) atoms. The summed E-state index contributed by atoms with van der Waals surface area (Å²) in [5.74, 6) is -0.974. The molecule has 2 aromatic rings. The van der Waals surface area contributed by atoms with Crippen molar-refractivity contribution in [2.75, 3.05) is 25.6 Å². The van der Waals surface area contributed by atoms with Gasteiger partial charge in [0, 0.05) is 30.4 Å². The van der Waals surface area contributed by atoms with Crippen LogP contribution in [-0.4, -0.2) is 32.5 Å². The van der Waals surface area contributed by atoms with Crippen LogP contribution in [0.2, 0.25) is 10.0 Å². The van der Waals surface area contributed by atoms with E-state index in [1.54, 1.807) is 30.3 Å². The van der Waals surface area contributed by atoms with Gasteiger partial charge in [-0.3, -0.25) is 4.79 Å². The Labute approximate surface area is 144 Å². The van der Waals surface area contributed by atoms with Crippen molar-refractivity contribution in [3.8, 4) is 0 Å². The zero-order valence-electron chi connectivity index (χ0n) is 12.7. The summed E-state index contributed by atoms with van der Waals surface area (Å²) in [5.41, 5.74) is 1.57. The number of hydrogen-bond donors (Lipinski definition) is 0. The Morgan fingerprint density at radius 3 is 2.30 bits per heavy atom. The van der Waals surface area contributed by atoms with Crippen LogP contribution < -0.4 is 4.90 Å². The van der Waals surface area contributed by atoms with Crippen molar-refractivity contribution in [2.45, 2.75) is 0 Å². The minimum Gasteiger partial charge on any atom is -0.454 e. The van der Waals surface area contributed by atoms with Crippen molar-refractivity contribution in [1.82, 2.24) is 0 Å². The van der Waals surface area contributed by atoms with Crippen LogP contribution in [0.3, 0.4) is 0 Å². The Morgan fingerprint density at radius 2 is 1.70 bits per heavy atom. The fraction of sp³-hybridized carbons (Fsp3) is 0.176. The molecule has 0 saturated carbocycles. The van der Waals surface area contributed by atoms with E-state index in [9.17, 15) is 9.59 Å². The lowest BCUT2D eigenvalue weighted by atomic mass is 10.1. The van der Waals surface area contributed by atoms with Gasteiger partial charge in [-0.2, -0.15) is 0 Å². The molecule has 0 bridgehead atoms. The molecular weight excluding hydrogens is 337 g/mol. The highest BCUT2D eigenvalue weighted by Crippen LogP contribution is 2.21. The van der Waals surface area contributed by atoms with Crippen LogP contribution in [0.25, 0.3) is 0 Å².